The SMILES string of the molecule is CC(=O)Nc1ccc(-c2c(O)nc3ccc(C(F)(F)F)cc3c2-c2cc(Cl)ccc2O)cc1. The molecule has 0 bridgehead atoms. The van der Waals surface area contributed by atoms with E-state index in [2.05, 4.69) is 10.3 Å². The Morgan fingerprint density at radius 1 is 0.970 bits per heavy atom. The first-order chi connectivity index (χ1) is 15.5. The number of carbonyl (C=O) groups is 1. The predicted octanol–water partition coefficient (Wildman–Crippen LogP) is 6.61. The monoisotopic (exact) mass is 472 g/mol. The summed E-state index contributed by atoms with van der Waals surface area (Å²) < 4.78 is 40.4. The molecule has 3 N–H and O–H groups in total. The van der Waals surface area contributed by atoms with Crippen LogP contribution in [0.2, 0.25) is 5.02 Å². The zero-order valence-corrected chi connectivity index (χ0v) is 17.8. The smallest absolute Gasteiger partial charge is 0.416 e. The Hall–Kier alpha value is -3.78. The molecule has 3 aromatic carbocycles. The second kappa shape index (κ2) is 8.29. The molecule has 4 rings (SSSR count). The Morgan fingerprint density at radius 2 is 1.67 bits per heavy atom. The maximum absolute atomic E-state index is 13.5. The molecule has 0 saturated carbocycles. The van der Waals surface area contributed by atoms with Crippen LogP contribution in [0, 0.1) is 0 Å². The van der Waals surface area contributed by atoms with Crippen molar-refractivity contribution in [3.05, 3.63) is 71.2 Å². The van der Waals surface area contributed by atoms with Gasteiger partial charge < -0.3 is 15.5 Å². The van der Waals surface area contributed by atoms with Gasteiger partial charge in [-0.1, -0.05) is 23.7 Å². The summed E-state index contributed by atoms with van der Waals surface area (Å²) in [7, 11) is 0. The lowest BCUT2D eigenvalue weighted by atomic mass is 9.90. The number of carbonyl (C=O) groups excluding carboxylic acids is 1. The molecule has 1 heterocycles. The van der Waals surface area contributed by atoms with Gasteiger partial charge in [0.2, 0.25) is 11.8 Å². The molecule has 0 atom stereocenters. The average Bonchev–Trinajstić information content (AvgIpc) is 2.74. The van der Waals surface area contributed by atoms with E-state index in [1.165, 1.54) is 25.1 Å². The molecule has 1 amide bonds. The first-order valence-corrected chi connectivity index (χ1v) is 10.0. The summed E-state index contributed by atoms with van der Waals surface area (Å²) in [6, 6.07) is 13.4. The fourth-order valence-corrected chi connectivity index (χ4v) is 3.78. The molecule has 1 aromatic heterocycles. The Morgan fingerprint density at radius 3 is 2.30 bits per heavy atom. The number of fused-ring (bicyclic) bond motifs is 1. The fraction of sp³-hybridized carbons (Fsp3) is 0.0833. The van der Waals surface area contributed by atoms with Gasteiger partial charge >= 0.3 is 6.18 Å². The van der Waals surface area contributed by atoms with E-state index in [-0.39, 0.29) is 44.3 Å². The van der Waals surface area contributed by atoms with Gasteiger partial charge in [-0.05, 0) is 54.1 Å². The minimum Gasteiger partial charge on any atom is -0.507 e. The molecule has 0 aliphatic heterocycles. The highest BCUT2D eigenvalue weighted by Gasteiger charge is 2.31. The van der Waals surface area contributed by atoms with Crippen LogP contribution in [0.5, 0.6) is 11.6 Å². The van der Waals surface area contributed by atoms with E-state index in [0.29, 0.717) is 11.3 Å². The highest BCUT2D eigenvalue weighted by Crippen LogP contribution is 2.46. The number of rotatable bonds is 3. The molecule has 9 heteroatoms. The number of benzene rings is 3. The summed E-state index contributed by atoms with van der Waals surface area (Å²) in [5.41, 5.74) is 0.467. The lowest BCUT2D eigenvalue weighted by Crippen LogP contribution is -2.05. The Bertz CT molecular complexity index is 1390. The number of amides is 1. The standard InChI is InChI=1S/C24H16ClF3N2O3/c1-12(31)29-16-6-2-13(3-7-16)21-22(18-11-15(25)5-9-20(18)32)17-10-14(24(26,27)28)4-8-19(17)30-23(21)33/h2-11,32H,1H3,(H,29,31)(H,30,33). The summed E-state index contributed by atoms with van der Waals surface area (Å²) in [4.78, 5) is 15.4. The van der Waals surface area contributed by atoms with Gasteiger partial charge in [0.15, 0.2) is 0 Å². The number of hydrogen-bond acceptors (Lipinski definition) is 4. The van der Waals surface area contributed by atoms with Crippen molar-refractivity contribution in [2.45, 2.75) is 13.1 Å². The number of halogens is 4. The third-order valence-corrected chi connectivity index (χ3v) is 5.25. The van der Waals surface area contributed by atoms with Crippen molar-refractivity contribution in [2.75, 3.05) is 5.32 Å². The molecule has 5 nitrogen and oxygen atoms in total. The second-order valence-electron chi connectivity index (χ2n) is 7.34. The average molecular weight is 473 g/mol. The van der Waals surface area contributed by atoms with E-state index in [1.807, 2.05) is 0 Å². The molecule has 0 aliphatic rings. The molecule has 0 saturated heterocycles. The first kappa shape index (κ1) is 22.4. The molecule has 0 radical (unpaired) electrons. The summed E-state index contributed by atoms with van der Waals surface area (Å²) in [6.07, 6.45) is -4.61. The molecule has 0 spiro atoms. The maximum Gasteiger partial charge on any atom is 0.416 e. The molecule has 0 aliphatic carbocycles. The van der Waals surface area contributed by atoms with Crippen LogP contribution in [0.1, 0.15) is 12.5 Å². The Kier molecular flexibility index (Phi) is 5.63. The van der Waals surface area contributed by atoms with Gasteiger partial charge in [-0.25, -0.2) is 4.98 Å². The number of anilines is 1. The van der Waals surface area contributed by atoms with Gasteiger partial charge in [0.05, 0.1) is 16.6 Å². The normalized spacial score (nSPS) is 11.5. The summed E-state index contributed by atoms with van der Waals surface area (Å²) in [5.74, 6) is -0.953. The van der Waals surface area contributed by atoms with Crippen LogP contribution in [-0.4, -0.2) is 21.1 Å². The number of hydrogen-bond donors (Lipinski definition) is 3. The molecule has 33 heavy (non-hydrogen) atoms. The Labute approximate surface area is 191 Å². The Balaban J connectivity index is 2.08. The number of pyridine rings is 1. The van der Waals surface area contributed by atoms with Crippen molar-refractivity contribution in [1.29, 1.82) is 0 Å². The van der Waals surface area contributed by atoms with Gasteiger partial charge in [0, 0.05) is 34.1 Å². The molecule has 4 aromatic rings. The third-order valence-electron chi connectivity index (χ3n) is 5.02. The first-order valence-electron chi connectivity index (χ1n) is 9.65. The minimum absolute atomic E-state index is 0.0705. The van der Waals surface area contributed by atoms with Crippen molar-refractivity contribution < 1.29 is 28.2 Å². The van der Waals surface area contributed by atoms with E-state index in [1.54, 1.807) is 24.3 Å². The number of nitrogens with zero attached hydrogens (tertiary/aromatic N) is 1. The summed E-state index contributed by atoms with van der Waals surface area (Å²) >= 11 is 6.12. The van der Waals surface area contributed by atoms with Crippen LogP contribution >= 0.6 is 11.6 Å². The van der Waals surface area contributed by atoms with E-state index >= 15 is 0 Å². The van der Waals surface area contributed by atoms with Crippen molar-refractivity contribution in [1.82, 2.24) is 4.98 Å². The van der Waals surface area contributed by atoms with E-state index < -0.39 is 17.6 Å². The van der Waals surface area contributed by atoms with Gasteiger partial charge in [-0.3, -0.25) is 4.79 Å². The molecular weight excluding hydrogens is 457 g/mol. The van der Waals surface area contributed by atoms with Gasteiger partial charge in [-0.2, -0.15) is 13.2 Å². The zero-order valence-electron chi connectivity index (χ0n) is 17.0. The van der Waals surface area contributed by atoms with Crippen LogP contribution in [0.15, 0.2) is 60.7 Å². The number of alkyl halides is 3. The van der Waals surface area contributed by atoms with Crippen LogP contribution < -0.4 is 5.32 Å². The molecule has 0 fully saturated rings. The maximum atomic E-state index is 13.5. The van der Waals surface area contributed by atoms with Crippen LogP contribution in [0.4, 0.5) is 18.9 Å². The number of aromatic hydroxyl groups is 2. The quantitative estimate of drug-likeness (QED) is 0.313. The molecule has 168 valence electrons. The second-order valence-corrected chi connectivity index (χ2v) is 7.77. The molecular formula is C24H16ClF3N2O3. The number of phenols is 1. The topological polar surface area (TPSA) is 82.5 Å². The van der Waals surface area contributed by atoms with E-state index in [0.717, 1.165) is 18.2 Å². The minimum atomic E-state index is -4.61. The predicted molar refractivity (Wildman–Crippen MR) is 120 cm³/mol. The van der Waals surface area contributed by atoms with Gasteiger partial charge in [-0.15, -0.1) is 0 Å². The van der Waals surface area contributed by atoms with Crippen molar-refractivity contribution in [2.24, 2.45) is 0 Å². The lowest BCUT2D eigenvalue weighted by Gasteiger charge is -2.18. The summed E-state index contributed by atoms with van der Waals surface area (Å²) in [6.45, 7) is 1.35. The fourth-order valence-electron chi connectivity index (χ4n) is 3.61. The highest BCUT2D eigenvalue weighted by atomic mass is 35.5. The number of aromatic nitrogens is 1. The van der Waals surface area contributed by atoms with Gasteiger partial charge in [0.25, 0.3) is 0 Å². The largest absolute Gasteiger partial charge is 0.507 e. The van der Waals surface area contributed by atoms with Crippen molar-refractivity contribution in [3.63, 3.8) is 0 Å². The highest BCUT2D eigenvalue weighted by molar-refractivity contribution is 6.31. The van der Waals surface area contributed by atoms with E-state index in [9.17, 15) is 28.2 Å². The van der Waals surface area contributed by atoms with Crippen molar-refractivity contribution >= 4 is 34.1 Å². The van der Waals surface area contributed by atoms with Crippen molar-refractivity contribution in [3.8, 4) is 33.9 Å². The summed E-state index contributed by atoms with van der Waals surface area (Å²) in [5, 5.41) is 24.3. The van der Waals surface area contributed by atoms with Crippen LogP contribution in [0.3, 0.4) is 0 Å². The lowest BCUT2D eigenvalue weighted by molar-refractivity contribution is -0.137. The molecule has 0 unspecified atom stereocenters. The van der Waals surface area contributed by atoms with Crippen LogP contribution in [-0.2, 0) is 11.0 Å². The van der Waals surface area contributed by atoms with E-state index in [4.69, 9.17) is 11.6 Å². The number of phenolic OH excluding ortho intramolecular Hbond substituents is 1. The number of nitrogens with one attached hydrogen (secondary N) is 1. The van der Waals surface area contributed by atoms with Crippen LogP contribution in [0.25, 0.3) is 33.2 Å². The third kappa shape index (κ3) is 4.42. The zero-order chi connectivity index (χ0) is 23.9. The van der Waals surface area contributed by atoms with Gasteiger partial charge in [0.1, 0.15) is 5.75 Å².